The van der Waals surface area contributed by atoms with E-state index in [9.17, 15) is 9.59 Å². The van der Waals surface area contributed by atoms with Crippen LogP contribution in [0.1, 0.15) is 27.2 Å². The Morgan fingerprint density at radius 1 is 1.38 bits per heavy atom. The minimum Gasteiger partial charge on any atom is -0.463 e. The highest BCUT2D eigenvalue weighted by molar-refractivity contribution is 8.14. The molecule has 0 aliphatic carbocycles. The Kier molecular flexibility index (Phi) is 5.69. The van der Waals surface area contributed by atoms with Gasteiger partial charge in [0, 0.05) is 23.7 Å². The van der Waals surface area contributed by atoms with Crippen molar-refractivity contribution in [3.63, 3.8) is 0 Å². The molecule has 3 nitrogen and oxygen atoms in total. The fourth-order valence-electron chi connectivity index (χ4n) is 1.60. The van der Waals surface area contributed by atoms with Crippen LogP contribution in [0.15, 0.2) is 0 Å². The molecule has 0 radical (unpaired) electrons. The molecule has 0 aromatic heterocycles. The van der Waals surface area contributed by atoms with Gasteiger partial charge in [-0.3, -0.25) is 9.59 Å². The highest BCUT2D eigenvalue weighted by Gasteiger charge is 2.30. The minimum atomic E-state index is -0.114. The predicted molar refractivity (Wildman–Crippen MR) is 68.7 cm³/mol. The number of rotatable bonds is 3. The standard InChI is InChI=1S/C11H18O3S2/c1-7(2)14-11(13)9-4-10(6-15-5-9)16-8(3)12/h7,9-10H,4-6H2,1-3H3. The Hall–Kier alpha value is -0.160. The van der Waals surface area contributed by atoms with Crippen LogP contribution in [0.5, 0.6) is 0 Å². The van der Waals surface area contributed by atoms with Gasteiger partial charge < -0.3 is 4.74 Å². The van der Waals surface area contributed by atoms with Crippen LogP contribution in [0, 0.1) is 5.92 Å². The van der Waals surface area contributed by atoms with Crippen molar-refractivity contribution >= 4 is 34.6 Å². The SMILES string of the molecule is CC(=O)SC1CSCC(C(=O)OC(C)C)C1. The van der Waals surface area contributed by atoms with Gasteiger partial charge >= 0.3 is 5.97 Å². The third-order valence-electron chi connectivity index (χ3n) is 2.19. The molecule has 0 bridgehead atoms. The van der Waals surface area contributed by atoms with Crippen LogP contribution in [0.3, 0.4) is 0 Å². The van der Waals surface area contributed by atoms with Crippen molar-refractivity contribution in [2.75, 3.05) is 11.5 Å². The third kappa shape index (κ3) is 4.78. The maximum atomic E-state index is 11.7. The Bertz CT molecular complexity index is 266. The second kappa shape index (κ2) is 6.55. The Balaban J connectivity index is 2.43. The summed E-state index contributed by atoms with van der Waals surface area (Å²) >= 11 is 3.08. The summed E-state index contributed by atoms with van der Waals surface area (Å²) in [5, 5.41) is 0.393. The van der Waals surface area contributed by atoms with Crippen molar-refractivity contribution in [3.05, 3.63) is 0 Å². The molecule has 0 N–H and O–H groups in total. The minimum absolute atomic E-state index is 0.0435. The zero-order chi connectivity index (χ0) is 12.1. The molecule has 1 aliphatic rings. The molecule has 0 spiro atoms. The maximum absolute atomic E-state index is 11.7. The van der Waals surface area contributed by atoms with Crippen LogP contribution < -0.4 is 0 Å². The highest BCUT2D eigenvalue weighted by atomic mass is 32.2. The summed E-state index contributed by atoms with van der Waals surface area (Å²) < 4.78 is 5.20. The lowest BCUT2D eigenvalue weighted by molar-refractivity contribution is -0.151. The van der Waals surface area contributed by atoms with Crippen molar-refractivity contribution < 1.29 is 14.3 Å². The summed E-state index contributed by atoms with van der Waals surface area (Å²) in [7, 11) is 0. The van der Waals surface area contributed by atoms with E-state index in [2.05, 4.69) is 0 Å². The number of esters is 1. The van der Waals surface area contributed by atoms with Crippen LogP contribution in [-0.2, 0) is 14.3 Å². The zero-order valence-corrected chi connectivity index (χ0v) is 11.5. The number of hydrogen-bond donors (Lipinski definition) is 0. The number of hydrogen-bond acceptors (Lipinski definition) is 5. The van der Waals surface area contributed by atoms with Crippen molar-refractivity contribution in [2.24, 2.45) is 5.92 Å². The first-order chi connectivity index (χ1) is 7.49. The van der Waals surface area contributed by atoms with Gasteiger partial charge in [0.15, 0.2) is 5.12 Å². The first-order valence-corrected chi connectivity index (χ1v) is 7.48. The number of carbonyl (C=O) groups is 2. The van der Waals surface area contributed by atoms with Gasteiger partial charge in [0.1, 0.15) is 0 Å². The lowest BCUT2D eigenvalue weighted by Gasteiger charge is -2.26. The molecule has 0 amide bonds. The fraction of sp³-hybridized carbons (Fsp3) is 0.818. The maximum Gasteiger partial charge on any atom is 0.310 e. The van der Waals surface area contributed by atoms with E-state index in [-0.39, 0.29) is 28.4 Å². The molecule has 1 fully saturated rings. The smallest absolute Gasteiger partial charge is 0.310 e. The summed E-state index contributed by atoms with van der Waals surface area (Å²) in [6.07, 6.45) is 0.710. The molecule has 92 valence electrons. The van der Waals surface area contributed by atoms with Crippen molar-refractivity contribution in [1.29, 1.82) is 0 Å². The van der Waals surface area contributed by atoms with Gasteiger partial charge in [-0.05, 0) is 20.3 Å². The van der Waals surface area contributed by atoms with E-state index in [0.29, 0.717) is 0 Å². The molecular formula is C11H18O3S2. The lowest BCUT2D eigenvalue weighted by Crippen LogP contribution is -2.31. The third-order valence-corrected chi connectivity index (χ3v) is 4.70. The Morgan fingerprint density at radius 3 is 2.62 bits per heavy atom. The first-order valence-electron chi connectivity index (χ1n) is 5.44. The van der Waals surface area contributed by atoms with Gasteiger partial charge in [-0.25, -0.2) is 0 Å². The van der Waals surface area contributed by atoms with Crippen molar-refractivity contribution in [1.82, 2.24) is 0 Å². The van der Waals surface area contributed by atoms with E-state index in [1.807, 2.05) is 13.8 Å². The van der Waals surface area contributed by atoms with Gasteiger partial charge in [-0.15, -0.1) is 0 Å². The van der Waals surface area contributed by atoms with E-state index in [4.69, 9.17) is 4.74 Å². The lowest BCUT2D eigenvalue weighted by atomic mass is 10.1. The van der Waals surface area contributed by atoms with Crippen molar-refractivity contribution in [3.8, 4) is 0 Å². The largest absolute Gasteiger partial charge is 0.463 e. The molecule has 0 saturated carbocycles. The van der Waals surface area contributed by atoms with E-state index >= 15 is 0 Å². The summed E-state index contributed by atoms with van der Waals surface area (Å²) in [6, 6.07) is 0. The molecule has 0 aromatic carbocycles. The van der Waals surface area contributed by atoms with Crippen LogP contribution in [0.25, 0.3) is 0 Å². The summed E-state index contributed by atoms with van der Waals surface area (Å²) in [4.78, 5) is 22.7. The van der Waals surface area contributed by atoms with Gasteiger partial charge in [0.05, 0.1) is 12.0 Å². The van der Waals surface area contributed by atoms with Crippen molar-refractivity contribution in [2.45, 2.75) is 38.5 Å². The summed E-state index contributed by atoms with van der Waals surface area (Å²) in [5.74, 6) is 1.62. The molecule has 1 heterocycles. The van der Waals surface area contributed by atoms with E-state index < -0.39 is 0 Å². The molecule has 0 aromatic rings. The quantitative estimate of drug-likeness (QED) is 0.730. The fourth-order valence-corrected chi connectivity index (χ4v) is 4.06. The molecule has 2 atom stereocenters. The molecule has 1 saturated heterocycles. The van der Waals surface area contributed by atoms with Crippen LogP contribution >= 0.6 is 23.5 Å². The number of thioether (sulfide) groups is 2. The van der Waals surface area contributed by atoms with E-state index in [1.54, 1.807) is 18.7 Å². The highest BCUT2D eigenvalue weighted by Crippen LogP contribution is 2.32. The van der Waals surface area contributed by atoms with Crippen LogP contribution in [-0.4, -0.2) is 33.9 Å². The van der Waals surface area contributed by atoms with Gasteiger partial charge in [-0.2, -0.15) is 11.8 Å². The van der Waals surface area contributed by atoms with E-state index in [0.717, 1.165) is 17.9 Å². The number of carbonyl (C=O) groups excluding carboxylic acids is 2. The second-order valence-corrected chi connectivity index (χ2v) is 6.74. The average molecular weight is 262 g/mol. The normalized spacial score (nSPS) is 25.5. The molecule has 16 heavy (non-hydrogen) atoms. The topological polar surface area (TPSA) is 43.4 Å². The molecule has 2 unspecified atom stereocenters. The van der Waals surface area contributed by atoms with Gasteiger partial charge in [0.25, 0.3) is 0 Å². The predicted octanol–water partition coefficient (Wildman–Crippen LogP) is 2.34. The Morgan fingerprint density at radius 2 is 2.06 bits per heavy atom. The zero-order valence-electron chi connectivity index (χ0n) is 9.89. The van der Waals surface area contributed by atoms with Crippen LogP contribution in [0.2, 0.25) is 0 Å². The number of ether oxygens (including phenoxy) is 1. The van der Waals surface area contributed by atoms with Gasteiger partial charge in [-0.1, -0.05) is 11.8 Å². The summed E-state index contributed by atoms with van der Waals surface area (Å²) in [5.41, 5.74) is 0. The van der Waals surface area contributed by atoms with Gasteiger partial charge in [0.2, 0.25) is 0 Å². The molecular weight excluding hydrogens is 244 g/mol. The van der Waals surface area contributed by atoms with Crippen LogP contribution in [0.4, 0.5) is 0 Å². The summed E-state index contributed by atoms with van der Waals surface area (Å²) in [6.45, 7) is 5.29. The molecule has 1 rings (SSSR count). The van der Waals surface area contributed by atoms with E-state index in [1.165, 1.54) is 11.8 Å². The molecule has 5 heteroatoms. The average Bonchev–Trinajstić information content (AvgIpc) is 2.16. The monoisotopic (exact) mass is 262 g/mol. The molecule has 1 aliphatic heterocycles. The Labute approximate surface area is 105 Å². The second-order valence-electron chi connectivity index (χ2n) is 4.19. The first kappa shape index (κ1) is 13.9.